The molecule has 0 saturated carbocycles. The summed E-state index contributed by atoms with van der Waals surface area (Å²) in [7, 11) is 0. The van der Waals surface area contributed by atoms with Crippen LogP contribution in [0, 0.1) is 0 Å². The van der Waals surface area contributed by atoms with Crippen LogP contribution in [0.4, 0.5) is 0 Å². The van der Waals surface area contributed by atoms with Crippen LogP contribution in [0.15, 0.2) is 170 Å². The van der Waals surface area contributed by atoms with Crippen molar-refractivity contribution < 1.29 is 0 Å². The Morgan fingerprint density at radius 2 is 0.902 bits per heavy atom. The van der Waals surface area contributed by atoms with Crippen LogP contribution >= 0.6 is 0 Å². The van der Waals surface area contributed by atoms with E-state index in [0.717, 1.165) is 0 Å². The Bertz CT molecular complexity index is 3360. The molecule has 4 aromatic heterocycles. The van der Waals surface area contributed by atoms with Gasteiger partial charge in [-0.15, -0.1) is 0 Å². The Kier molecular flexibility index (Phi) is 4.60. The minimum atomic E-state index is -0.457. The summed E-state index contributed by atoms with van der Waals surface area (Å²) in [4.78, 5) is 0. The molecule has 234 valence electrons. The number of fused-ring (bicyclic) bond motifs is 16. The van der Waals surface area contributed by atoms with Gasteiger partial charge >= 0.3 is 0 Å². The van der Waals surface area contributed by atoms with Gasteiger partial charge < -0.3 is 8.80 Å². The molecular weight excluding hydrogens is 617 g/mol. The van der Waals surface area contributed by atoms with Crippen molar-refractivity contribution in [2.24, 2.45) is 0 Å². The fourth-order valence-electron chi connectivity index (χ4n) is 10.4. The third-order valence-corrected chi connectivity index (χ3v) is 12.2. The highest BCUT2D eigenvalue weighted by atomic mass is 14.9. The monoisotopic (exact) mass is 644 g/mol. The summed E-state index contributed by atoms with van der Waals surface area (Å²) in [6, 6.07) is 63.8. The number of aromatic nitrogens is 2. The van der Waals surface area contributed by atoms with E-state index in [9.17, 15) is 0 Å². The number of benzene rings is 8. The molecule has 51 heavy (non-hydrogen) atoms. The van der Waals surface area contributed by atoms with Gasteiger partial charge in [0.2, 0.25) is 0 Å². The van der Waals surface area contributed by atoms with Crippen molar-refractivity contribution in [3.05, 3.63) is 192 Å². The summed E-state index contributed by atoms with van der Waals surface area (Å²) >= 11 is 0. The molecule has 13 rings (SSSR count). The minimum absolute atomic E-state index is 0.457. The highest BCUT2D eigenvalue weighted by Gasteiger charge is 2.46. The van der Waals surface area contributed by atoms with Gasteiger partial charge in [0, 0.05) is 43.1 Å². The molecule has 0 bridgehead atoms. The first-order valence-corrected chi connectivity index (χ1v) is 17.9. The summed E-state index contributed by atoms with van der Waals surface area (Å²) in [5, 5.41) is 10.6. The zero-order chi connectivity index (χ0) is 33.0. The molecule has 1 aliphatic carbocycles. The van der Waals surface area contributed by atoms with Crippen LogP contribution < -0.4 is 0 Å². The van der Waals surface area contributed by atoms with E-state index in [4.69, 9.17) is 0 Å². The third kappa shape index (κ3) is 2.88. The first-order valence-electron chi connectivity index (χ1n) is 17.9. The maximum absolute atomic E-state index is 2.58. The van der Waals surface area contributed by atoms with Gasteiger partial charge in [-0.25, -0.2) is 0 Å². The largest absolute Gasteiger partial charge is 0.308 e. The molecule has 2 heteroatoms. The molecule has 0 saturated heterocycles. The second kappa shape index (κ2) is 8.93. The van der Waals surface area contributed by atoms with Gasteiger partial charge in [0.1, 0.15) is 0 Å². The van der Waals surface area contributed by atoms with Crippen molar-refractivity contribution in [2.45, 2.75) is 5.41 Å². The lowest BCUT2D eigenvalue weighted by Crippen LogP contribution is -2.28. The Labute approximate surface area is 292 Å². The molecular formula is C49H28N2. The van der Waals surface area contributed by atoms with Gasteiger partial charge in [0.05, 0.1) is 38.5 Å². The first-order chi connectivity index (χ1) is 25.3. The predicted molar refractivity (Wildman–Crippen MR) is 213 cm³/mol. The SMILES string of the molecule is c1ccc(C2(c3ccccc3)c3ccccc3-c3cc4c(cc32)c2c3c5cccc6c7ccccc7n(c3cc3c7ccccc7n4c32)c65)cc1. The fourth-order valence-corrected chi connectivity index (χ4v) is 10.4. The number of para-hydroxylation sites is 3. The van der Waals surface area contributed by atoms with Crippen molar-refractivity contribution in [1.29, 1.82) is 0 Å². The molecule has 1 aliphatic rings. The molecule has 0 aliphatic heterocycles. The number of rotatable bonds is 2. The maximum Gasteiger partial charge on any atom is 0.0713 e. The average Bonchev–Trinajstić information content (AvgIpc) is 3.97. The van der Waals surface area contributed by atoms with E-state index < -0.39 is 5.41 Å². The molecule has 2 nitrogen and oxygen atoms in total. The molecule has 12 aromatic rings. The summed E-state index contributed by atoms with van der Waals surface area (Å²) in [5.41, 5.74) is 15.2. The normalized spacial score (nSPS) is 14.0. The van der Waals surface area contributed by atoms with Gasteiger partial charge in [0.25, 0.3) is 0 Å². The lowest BCUT2D eigenvalue weighted by Gasteiger charge is -2.33. The van der Waals surface area contributed by atoms with Crippen LogP contribution in [0.25, 0.3) is 87.3 Å². The van der Waals surface area contributed by atoms with Crippen molar-refractivity contribution in [1.82, 2.24) is 8.80 Å². The number of nitrogens with zero attached hydrogens (tertiary/aromatic N) is 2. The van der Waals surface area contributed by atoms with Crippen molar-refractivity contribution >= 4 is 76.2 Å². The van der Waals surface area contributed by atoms with Gasteiger partial charge in [-0.2, -0.15) is 0 Å². The smallest absolute Gasteiger partial charge is 0.0713 e. The highest BCUT2D eigenvalue weighted by Crippen LogP contribution is 2.58. The Morgan fingerprint density at radius 3 is 1.65 bits per heavy atom. The molecule has 0 N–H and O–H groups in total. The minimum Gasteiger partial charge on any atom is -0.308 e. The second-order valence-corrected chi connectivity index (χ2v) is 14.4. The van der Waals surface area contributed by atoms with E-state index in [2.05, 4.69) is 179 Å². The lowest BCUT2D eigenvalue weighted by molar-refractivity contribution is 0.769. The Balaban J connectivity index is 1.31. The number of hydrogen-bond acceptors (Lipinski definition) is 0. The van der Waals surface area contributed by atoms with Gasteiger partial charge in [-0.05, 0) is 63.7 Å². The van der Waals surface area contributed by atoms with Gasteiger partial charge in [-0.3, -0.25) is 0 Å². The second-order valence-electron chi connectivity index (χ2n) is 14.4. The summed E-state index contributed by atoms with van der Waals surface area (Å²) in [6.07, 6.45) is 0. The van der Waals surface area contributed by atoms with Crippen LogP contribution in [0.5, 0.6) is 0 Å². The third-order valence-electron chi connectivity index (χ3n) is 12.2. The zero-order valence-electron chi connectivity index (χ0n) is 27.6. The van der Waals surface area contributed by atoms with E-state index in [1.165, 1.54) is 110 Å². The van der Waals surface area contributed by atoms with E-state index in [-0.39, 0.29) is 0 Å². The summed E-state index contributed by atoms with van der Waals surface area (Å²) < 4.78 is 5.10. The number of hydrogen-bond donors (Lipinski definition) is 0. The molecule has 4 heterocycles. The van der Waals surface area contributed by atoms with E-state index in [0.29, 0.717) is 0 Å². The van der Waals surface area contributed by atoms with Gasteiger partial charge in [0.15, 0.2) is 0 Å². The standard InChI is InChI=1S/C49H28N2/c1-3-14-29(15-4-1)49(30-16-5-2-6-17-30)39-23-10-7-18-31(39)36-27-43-38(26-40(36)49)46-45-35-22-13-21-34-32-19-8-11-24-41(32)51(47(34)35)44(45)28-37-33-20-9-12-25-42(33)50(43)48(37)46/h1-28H. The molecule has 0 radical (unpaired) electrons. The van der Waals surface area contributed by atoms with Crippen molar-refractivity contribution in [3.8, 4) is 11.1 Å². The summed E-state index contributed by atoms with van der Waals surface area (Å²) in [5.74, 6) is 0. The van der Waals surface area contributed by atoms with E-state index >= 15 is 0 Å². The zero-order valence-corrected chi connectivity index (χ0v) is 27.6. The van der Waals surface area contributed by atoms with Crippen LogP contribution in [0.1, 0.15) is 22.3 Å². The summed E-state index contributed by atoms with van der Waals surface area (Å²) in [6.45, 7) is 0. The van der Waals surface area contributed by atoms with Crippen LogP contribution in [-0.4, -0.2) is 8.80 Å². The van der Waals surface area contributed by atoms with Crippen LogP contribution in [0.2, 0.25) is 0 Å². The maximum atomic E-state index is 2.58. The van der Waals surface area contributed by atoms with Crippen molar-refractivity contribution in [3.63, 3.8) is 0 Å². The predicted octanol–water partition coefficient (Wildman–Crippen LogP) is 12.3. The molecule has 0 spiro atoms. The Morgan fingerprint density at radius 1 is 0.314 bits per heavy atom. The molecule has 0 atom stereocenters. The van der Waals surface area contributed by atoms with Gasteiger partial charge in [-0.1, -0.05) is 140 Å². The topological polar surface area (TPSA) is 8.82 Å². The molecule has 8 aromatic carbocycles. The Hall–Kier alpha value is -6.64. The van der Waals surface area contributed by atoms with Crippen molar-refractivity contribution in [2.75, 3.05) is 0 Å². The average molecular weight is 645 g/mol. The quantitative estimate of drug-likeness (QED) is 0.177. The fraction of sp³-hybridized carbons (Fsp3) is 0.0204. The highest BCUT2D eigenvalue weighted by molar-refractivity contribution is 6.38. The van der Waals surface area contributed by atoms with Crippen LogP contribution in [-0.2, 0) is 5.41 Å². The van der Waals surface area contributed by atoms with Crippen LogP contribution in [0.3, 0.4) is 0 Å². The van der Waals surface area contributed by atoms with E-state index in [1.54, 1.807) is 0 Å². The molecule has 0 unspecified atom stereocenters. The molecule has 0 amide bonds. The lowest BCUT2D eigenvalue weighted by atomic mass is 9.67. The first kappa shape index (κ1) is 26.3. The van der Waals surface area contributed by atoms with E-state index in [1.807, 2.05) is 0 Å². The molecule has 0 fully saturated rings.